The Bertz CT molecular complexity index is 1140. The number of fused-ring (bicyclic) bond motifs is 2. The second-order valence-corrected chi connectivity index (χ2v) is 7.11. The quantitative estimate of drug-likeness (QED) is 0.547. The van der Waals surface area contributed by atoms with Gasteiger partial charge in [0.05, 0.1) is 18.3 Å². The van der Waals surface area contributed by atoms with Gasteiger partial charge in [0.1, 0.15) is 28.4 Å². The lowest BCUT2D eigenvalue weighted by Crippen LogP contribution is -2.30. The Balaban J connectivity index is 1.32. The topological polar surface area (TPSA) is 68.2 Å². The molecule has 2 aromatic carbocycles. The highest BCUT2D eigenvalue weighted by Gasteiger charge is 2.29. The number of aromatic nitrogens is 3. The van der Waals surface area contributed by atoms with Gasteiger partial charge in [-0.1, -0.05) is 18.2 Å². The van der Waals surface area contributed by atoms with E-state index in [2.05, 4.69) is 13.7 Å². The minimum Gasteiger partial charge on any atom is -0.486 e. The van der Waals surface area contributed by atoms with Crippen LogP contribution in [0.15, 0.2) is 54.7 Å². The Morgan fingerprint density at radius 3 is 2.96 bits per heavy atom. The number of likely N-dealkylation sites (tertiary alicyclic amines) is 1. The summed E-state index contributed by atoms with van der Waals surface area (Å²) in [6.45, 7) is 1.24. The van der Waals surface area contributed by atoms with E-state index in [0.29, 0.717) is 18.7 Å². The van der Waals surface area contributed by atoms with Gasteiger partial charge in [-0.2, -0.15) is 8.75 Å². The van der Waals surface area contributed by atoms with Gasteiger partial charge in [0.25, 0.3) is 5.91 Å². The smallest absolute Gasteiger partial charge is 0.254 e. The van der Waals surface area contributed by atoms with Crippen LogP contribution in [-0.2, 0) is 0 Å². The summed E-state index contributed by atoms with van der Waals surface area (Å²) in [7, 11) is 0. The summed E-state index contributed by atoms with van der Waals surface area (Å²) in [4.78, 5) is 19.1. The first-order chi connectivity index (χ1) is 13.3. The van der Waals surface area contributed by atoms with Gasteiger partial charge in [-0.3, -0.25) is 9.78 Å². The van der Waals surface area contributed by atoms with Crippen LogP contribution in [0.25, 0.3) is 21.9 Å². The van der Waals surface area contributed by atoms with Crippen molar-refractivity contribution < 1.29 is 9.53 Å². The summed E-state index contributed by atoms with van der Waals surface area (Å²) in [5.74, 6) is 0.773. The number of carbonyl (C=O) groups excluding carboxylic acids is 1. The molecule has 0 saturated carbocycles. The molecule has 5 rings (SSSR count). The Morgan fingerprint density at radius 2 is 2.00 bits per heavy atom. The zero-order valence-electron chi connectivity index (χ0n) is 14.4. The number of hydrogen-bond donors (Lipinski definition) is 0. The maximum atomic E-state index is 12.8. The number of rotatable bonds is 3. The van der Waals surface area contributed by atoms with E-state index in [1.807, 2.05) is 53.4 Å². The minimum atomic E-state index is -0.0359. The standard InChI is InChI=1S/C20H16N4O2S/c25-20(14-6-7-16-17(11-14)23-27-22-16)24-10-8-15(12-24)26-18-5-1-3-13-4-2-9-21-19(13)18/h1-7,9,11,15H,8,10,12H2. The monoisotopic (exact) mass is 376 g/mol. The van der Waals surface area contributed by atoms with Gasteiger partial charge in [0.2, 0.25) is 0 Å². The Labute approximate surface area is 159 Å². The fourth-order valence-electron chi connectivity index (χ4n) is 3.46. The molecule has 1 saturated heterocycles. The van der Waals surface area contributed by atoms with E-state index >= 15 is 0 Å². The van der Waals surface area contributed by atoms with E-state index in [9.17, 15) is 4.79 Å². The maximum absolute atomic E-state index is 12.8. The number of carbonyl (C=O) groups is 1. The highest BCUT2D eigenvalue weighted by Crippen LogP contribution is 2.26. The Kier molecular flexibility index (Phi) is 3.94. The molecule has 0 radical (unpaired) electrons. The third-order valence-corrected chi connectivity index (χ3v) is 5.38. The second kappa shape index (κ2) is 6.59. The highest BCUT2D eigenvalue weighted by molar-refractivity contribution is 7.00. The predicted molar refractivity (Wildman–Crippen MR) is 104 cm³/mol. The van der Waals surface area contributed by atoms with Crippen LogP contribution in [0.2, 0.25) is 0 Å². The van der Waals surface area contributed by atoms with Crippen molar-refractivity contribution in [3.63, 3.8) is 0 Å². The summed E-state index contributed by atoms with van der Waals surface area (Å²) in [6.07, 6.45) is 2.53. The van der Waals surface area contributed by atoms with E-state index in [1.54, 1.807) is 6.20 Å². The van der Waals surface area contributed by atoms with Crippen LogP contribution in [-0.4, -0.2) is 43.7 Å². The second-order valence-electron chi connectivity index (χ2n) is 6.58. The Morgan fingerprint density at radius 1 is 1.11 bits per heavy atom. The number of para-hydroxylation sites is 1. The number of amides is 1. The van der Waals surface area contributed by atoms with Gasteiger partial charge >= 0.3 is 0 Å². The summed E-state index contributed by atoms with van der Waals surface area (Å²) < 4.78 is 14.6. The van der Waals surface area contributed by atoms with Crippen LogP contribution in [0.3, 0.4) is 0 Å². The molecule has 0 spiro atoms. The van der Waals surface area contributed by atoms with E-state index in [-0.39, 0.29) is 12.0 Å². The molecule has 4 aromatic rings. The molecule has 134 valence electrons. The summed E-state index contributed by atoms with van der Waals surface area (Å²) in [5.41, 5.74) is 3.08. The summed E-state index contributed by atoms with van der Waals surface area (Å²) in [5, 5.41) is 1.05. The van der Waals surface area contributed by atoms with Gasteiger partial charge in [0, 0.05) is 30.1 Å². The van der Waals surface area contributed by atoms with Crippen molar-refractivity contribution in [1.29, 1.82) is 0 Å². The van der Waals surface area contributed by atoms with Crippen LogP contribution in [0.5, 0.6) is 5.75 Å². The van der Waals surface area contributed by atoms with Crippen LogP contribution in [0, 0.1) is 0 Å². The predicted octanol–water partition coefficient (Wildman–Crippen LogP) is 3.53. The molecule has 2 aromatic heterocycles. The molecule has 1 aliphatic heterocycles. The van der Waals surface area contributed by atoms with Crippen molar-refractivity contribution >= 4 is 39.6 Å². The van der Waals surface area contributed by atoms with E-state index in [1.165, 1.54) is 0 Å². The van der Waals surface area contributed by atoms with Crippen LogP contribution in [0.1, 0.15) is 16.8 Å². The minimum absolute atomic E-state index is 0.00652. The first-order valence-electron chi connectivity index (χ1n) is 8.80. The van der Waals surface area contributed by atoms with Crippen molar-refractivity contribution in [2.45, 2.75) is 12.5 Å². The average molecular weight is 376 g/mol. The lowest BCUT2D eigenvalue weighted by molar-refractivity contribution is 0.0773. The van der Waals surface area contributed by atoms with Gasteiger partial charge in [0.15, 0.2) is 0 Å². The van der Waals surface area contributed by atoms with E-state index < -0.39 is 0 Å². The molecule has 6 nitrogen and oxygen atoms in total. The summed E-state index contributed by atoms with van der Waals surface area (Å²) >= 11 is 1.16. The fourth-order valence-corrected chi connectivity index (χ4v) is 3.97. The van der Waals surface area contributed by atoms with Crippen molar-refractivity contribution in [2.75, 3.05) is 13.1 Å². The molecule has 1 unspecified atom stereocenters. The molecule has 3 heterocycles. The average Bonchev–Trinajstić information content (AvgIpc) is 3.36. The number of pyridine rings is 1. The van der Waals surface area contributed by atoms with Gasteiger partial charge < -0.3 is 9.64 Å². The molecule has 7 heteroatoms. The SMILES string of the molecule is O=C(c1ccc2nsnc2c1)N1CCC(Oc2cccc3cccnc23)C1. The molecule has 0 N–H and O–H groups in total. The Hall–Kier alpha value is -3.06. The largest absolute Gasteiger partial charge is 0.486 e. The van der Waals surface area contributed by atoms with Gasteiger partial charge in [-0.25, -0.2) is 0 Å². The zero-order valence-corrected chi connectivity index (χ0v) is 15.2. The maximum Gasteiger partial charge on any atom is 0.254 e. The van der Waals surface area contributed by atoms with Crippen molar-refractivity contribution in [3.8, 4) is 5.75 Å². The number of ether oxygens (including phenoxy) is 1. The van der Waals surface area contributed by atoms with Crippen molar-refractivity contribution in [1.82, 2.24) is 18.6 Å². The van der Waals surface area contributed by atoms with Crippen molar-refractivity contribution in [3.05, 3.63) is 60.3 Å². The molecule has 1 amide bonds. The third kappa shape index (κ3) is 3.00. The lowest BCUT2D eigenvalue weighted by atomic mass is 10.2. The third-order valence-electron chi connectivity index (χ3n) is 4.82. The number of hydrogen-bond acceptors (Lipinski definition) is 6. The molecule has 27 heavy (non-hydrogen) atoms. The van der Waals surface area contributed by atoms with Crippen LogP contribution < -0.4 is 4.74 Å². The lowest BCUT2D eigenvalue weighted by Gasteiger charge is -2.18. The molecular formula is C20H16N4O2S. The van der Waals surface area contributed by atoms with E-state index in [4.69, 9.17) is 4.74 Å². The van der Waals surface area contributed by atoms with Gasteiger partial charge in [-0.15, -0.1) is 0 Å². The molecule has 1 atom stereocenters. The number of nitrogens with zero attached hydrogens (tertiary/aromatic N) is 4. The van der Waals surface area contributed by atoms with E-state index in [0.717, 1.165) is 45.8 Å². The van der Waals surface area contributed by atoms with Crippen LogP contribution >= 0.6 is 11.7 Å². The normalized spacial score (nSPS) is 16.9. The van der Waals surface area contributed by atoms with Crippen molar-refractivity contribution in [2.24, 2.45) is 0 Å². The van der Waals surface area contributed by atoms with Gasteiger partial charge in [-0.05, 0) is 30.3 Å². The molecule has 0 aliphatic carbocycles. The molecular weight excluding hydrogens is 360 g/mol. The zero-order chi connectivity index (χ0) is 18.2. The highest BCUT2D eigenvalue weighted by atomic mass is 32.1. The first kappa shape index (κ1) is 16.1. The fraction of sp³-hybridized carbons (Fsp3) is 0.200. The molecule has 1 fully saturated rings. The first-order valence-corrected chi connectivity index (χ1v) is 9.53. The number of benzene rings is 2. The summed E-state index contributed by atoms with van der Waals surface area (Å²) in [6, 6.07) is 15.3. The van der Waals surface area contributed by atoms with Crippen LogP contribution in [0.4, 0.5) is 0 Å². The molecule has 1 aliphatic rings. The molecule has 0 bridgehead atoms.